The van der Waals surface area contributed by atoms with Crippen LogP contribution in [0.3, 0.4) is 0 Å². The lowest BCUT2D eigenvalue weighted by atomic mass is 9.86. The van der Waals surface area contributed by atoms with Crippen molar-refractivity contribution in [3.8, 4) is 0 Å². The normalized spacial score (nSPS) is 22.2. The first-order valence-electron chi connectivity index (χ1n) is 10.9. The largest absolute Gasteiger partial charge is 0.370 e. The number of morpholine rings is 1. The number of aryl methyl sites for hydroxylation is 1. The van der Waals surface area contributed by atoms with Gasteiger partial charge in [-0.1, -0.05) is 29.8 Å². The van der Waals surface area contributed by atoms with Gasteiger partial charge in [0.2, 0.25) is 5.78 Å². The molecule has 2 saturated heterocycles. The van der Waals surface area contributed by atoms with Crippen LogP contribution in [0, 0.1) is 12.8 Å². The zero-order valence-corrected chi connectivity index (χ0v) is 17.8. The molecule has 0 radical (unpaired) electrons. The van der Waals surface area contributed by atoms with Crippen molar-refractivity contribution in [2.24, 2.45) is 5.92 Å². The summed E-state index contributed by atoms with van der Waals surface area (Å²) in [4.78, 5) is 45.4. The molecule has 4 rings (SSSR count). The molecule has 2 unspecified atom stereocenters. The van der Waals surface area contributed by atoms with E-state index >= 15 is 0 Å². The van der Waals surface area contributed by atoms with E-state index in [1.165, 1.54) is 4.90 Å². The van der Waals surface area contributed by atoms with Crippen LogP contribution in [0.15, 0.2) is 48.8 Å². The summed E-state index contributed by atoms with van der Waals surface area (Å²) in [6.45, 7) is 6.73. The van der Waals surface area contributed by atoms with Crippen molar-refractivity contribution in [3.63, 3.8) is 0 Å². The number of amides is 1. The van der Waals surface area contributed by atoms with E-state index in [9.17, 15) is 14.4 Å². The van der Waals surface area contributed by atoms with E-state index in [0.717, 1.165) is 50.4 Å². The summed E-state index contributed by atoms with van der Waals surface area (Å²) in [5.74, 6) is -2.50. The zero-order valence-electron chi connectivity index (χ0n) is 17.8. The van der Waals surface area contributed by atoms with E-state index in [4.69, 9.17) is 4.74 Å². The Hall–Kier alpha value is -2.90. The standard InChI is InChI=1S/C24H27N3O4/c1-17-5-7-18(8-6-17)22(28)20-21(19-4-2-9-25-16-19)27(24(30)23(20)29)11-3-10-26-12-14-31-15-13-26/h2,4-9,16,20-21H,3,10-15H2,1H3/p+2. The molecule has 2 fully saturated rings. The van der Waals surface area contributed by atoms with Crippen LogP contribution >= 0.6 is 0 Å². The lowest BCUT2D eigenvalue weighted by Crippen LogP contribution is -3.14. The van der Waals surface area contributed by atoms with Gasteiger partial charge in [-0.3, -0.25) is 14.4 Å². The first-order valence-corrected chi connectivity index (χ1v) is 10.9. The molecule has 2 atom stereocenters. The molecule has 0 aliphatic carbocycles. The smallest absolute Gasteiger partial charge is 0.291 e. The minimum atomic E-state index is -1.03. The minimum Gasteiger partial charge on any atom is -0.370 e. The van der Waals surface area contributed by atoms with E-state index in [1.807, 2.05) is 31.2 Å². The molecule has 162 valence electrons. The van der Waals surface area contributed by atoms with E-state index in [0.29, 0.717) is 12.1 Å². The lowest BCUT2D eigenvalue weighted by Gasteiger charge is -2.28. The Morgan fingerprint density at radius 3 is 2.58 bits per heavy atom. The molecule has 2 aromatic rings. The molecule has 1 aromatic carbocycles. The highest BCUT2D eigenvalue weighted by atomic mass is 16.5. The highest BCUT2D eigenvalue weighted by Gasteiger charge is 2.52. The number of Topliss-reactive ketones (excluding diaryl/α,β-unsaturated/α-hetero) is 2. The topological polar surface area (TPSA) is 82.3 Å². The fraction of sp³-hybridized carbons (Fsp3) is 0.417. The van der Waals surface area contributed by atoms with Crippen molar-refractivity contribution in [2.45, 2.75) is 19.4 Å². The molecule has 7 nitrogen and oxygen atoms in total. The summed E-state index contributed by atoms with van der Waals surface area (Å²) in [7, 11) is 0. The van der Waals surface area contributed by atoms with Crippen LogP contribution in [0.2, 0.25) is 0 Å². The molecule has 1 amide bonds. The van der Waals surface area contributed by atoms with Crippen LogP contribution in [0.5, 0.6) is 0 Å². The van der Waals surface area contributed by atoms with Crippen molar-refractivity contribution in [2.75, 3.05) is 39.4 Å². The number of ketones is 2. The van der Waals surface area contributed by atoms with Crippen LogP contribution in [0.1, 0.15) is 33.9 Å². The van der Waals surface area contributed by atoms with Gasteiger partial charge in [-0.05, 0) is 13.0 Å². The molecule has 0 spiro atoms. The zero-order chi connectivity index (χ0) is 21.8. The Morgan fingerprint density at radius 1 is 1.16 bits per heavy atom. The van der Waals surface area contributed by atoms with Gasteiger partial charge in [-0.2, -0.15) is 0 Å². The Bertz CT molecular complexity index is 939. The molecule has 0 bridgehead atoms. The average molecular weight is 424 g/mol. The molecule has 3 heterocycles. The molecule has 2 aliphatic rings. The minimum absolute atomic E-state index is 0.298. The maximum absolute atomic E-state index is 13.3. The maximum Gasteiger partial charge on any atom is 0.291 e. The number of hydrogen-bond acceptors (Lipinski definition) is 4. The summed E-state index contributed by atoms with van der Waals surface area (Å²) < 4.78 is 5.40. The highest BCUT2D eigenvalue weighted by Crippen LogP contribution is 2.37. The molecule has 2 N–H and O–H groups in total. The summed E-state index contributed by atoms with van der Waals surface area (Å²) in [5, 5.41) is 0. The number of likely N-dealkylation sites (tertiary alicyclic amines) is 1. The van der Waals surface area contributed by atoms with Crippen molar-refractivity contribution in [1.82, 2.24) is 4.90 Å². The van der Waals surface area contributed by atoms with Gasteiger partial charge < -0.3 is 14.5 Å². The number of H-pyrrole nitrogens is 1. The number of quaternary nitrogens is 1. The lowest BCUT2D eigenvalue weighted by molar-refractivity contribution is -0.908. The first-order chi connectivity index (χ1) is 15.1. The van der Waals surface area contributed by atoms with Gasteiger partial charge >= 0.3 is 0 Å². The van der Waals surface area contributed by atoms with Crippen molar-refractivity contribution in [1.29, 1.82) is 0 Å². The third-order valence-electron chi connectivity index (χ3n) is 6.23. The summed E-state index contributed by atoms with van der Waals surface area (Å²) >= 11 is 0. The summed E-state index contributed by atoms with van der Waals surface area (Å²) in [6, 6.07) is 10.3. The van der Waals surface area contributed by atoms with Crippen LogP contribution in [-0.2, 0) is 14.3 Å². The number of aromatic amines is 1. The second-order valence-corrected chi connectivity index (χ2v) is 8.32. The molecule has 31 heavy (non-hydrogen) atoms. The third kappa shape index (κ3) is 4.57. The molecule has 1 aromatic heterocycles. The molecule has 7 heteroatoms. The van der Waals surface area contributed by atoms with Crippen molar-refractivity contribution < 1.29 is 29.0 Å². The average Bonchev–Trinajstić information content (AvgIpc) is 3.05. The van der Waals surface area contributed by atoms with Crippen LogP contribution in [-0.4, -0.2) is 61.8 Å². The highest BCUT2D eigenvalue weighted by molar-refractivity contribution is 6.44. The summed E-state index contributed by atoms with van der Waals surface area (Å²) in [6.07, 6.45) is 4.31. The second kappa shape index (κ2) is 9.49. The predicted molar refractivity (Wildman–Crippen MR) is 112 cm³/mol. The van der Waals surface area contributed by atoms with Gasteiger partial charge in [0.15, 0.2) is 18.2 Å². The number of rotatable bonds is 7. The second-order valence-electron chi connectivity index (χ2n) is 8.32. The van der Waals surface area contributed by atoms with Gasteiger partial charge in [0.1, 0.15) is 19.0 Å². The van der Waals surface area contributed by atoms with Gasteiger partial charge in [-0.25, -0.2) is 4.98 Å². The van der Waals surface area contributed by atoms with Crippen molar-refractivity contribution >= 4 is 17.5 Å². The first kappa shape index (κ1) is 21.3. The van der Waals surface area contributed by atoms with Crippen LogP contribution in [0.25, 0.3) is 0 Å². The Kier molecular flexibility index (Phi) is 6.53. The van der Waals surface area contributed by atoms with E-state index in [-0.39, 0.29) is 5.78 Å². The third-order valence-corrected chi connectivity index (χ3v) is 6.23. The van der Waals surface area contributed by atoms with E-state index in [1.54, 1.807) is 29.4 Å². The number of aromatic nitrogens is 1. The number of carbonyl (C=O) groups is 3. The molecule has 0 saturated carbocycles. The molecular weight excluding hydrogens is 394 g/mol. The SMILES string of the molecule is Cc1ccc(C(=O)C2C(=O)C(=O)N(CCC[NH+]3CCOCC3)C2c2ccc[nH+]c2)cc1. The number of carbonyl (C=O) groups excluding carboxylic acids is 3. The monoisotopic (exact) mass is 423 g/mol. The van der Waals surface area contributed by atoms with Gasteiger partial charge in [0.25, 0.3) is 5.91 Å². The molecule has 2 aliphatic heterocycles. The number of nitrogens with zero attached hydrogens (tertiary/aromatic N) is 1. The van der Waals surface area contributed by atoms with E-state index in [2.05, 4.69) is 4.98 Å². The van der Waals surface area contributed by atoms with Gasteiger partial charge in [0.05, 0.1) is 25.8 Å². The maximum atomic E-state index is 13.3. The number of benzene rings is 1. The summed E-state index contributed by atoms with van der Waals surface area (Å²) in [5.41, 5.74) is 2.26. The van der Waals surface area contributed by atoms with Crippen molar-refractivity contribution in [3.05, 3.63) is 65.5 Å². The number of nitrogens with one attached hydrogen (secondary N) is 2. The van der Waals surface area contributed by atoms with Crippen LogP contribution < -0.4 is 9.88 Å². The van der Waals surface area contributed by atoms with E-state index < -0.39 is 23.7 Å². The number of pyridine rings is 1. The van der Waals surface area contributed by atoms with Crippen LogP contribution in [0.4, 0.5) is 0 Å². The Labute approximate surface area is 182 Å². The van der Waals surface area contributed by atoms with Gasteiger partial charge in [0, 0.05) is 30.2 Å². The Morgan fingerprint density at radius 2 is 1.90 bits per heavy atom. The molecular formula is C24H29N3O4+2. The number of ether oxygens (including phenoxy) is 1. The van der Waals surface area contributed by atoms with Gasteiger partial charge in [-0.15, -0.1) is 0 Å². The predicted octanol–water partition coefficient (Wildman–Crippen LogP) is 0.0658. The Balaban J connectivity index is 1.58. The fourth-order valence-electron chi connectivity index (χ4n) is 4.50. The fourth-order valence-corrected chi connectivity index (χ4v) is 4.50. The quantitative estimate of drug-likeness (QED) is 0.388. The number of hydrogen-bond donors (Lipinski definition) is 1.